The van der Waals surface area contributed by atoms with Gasteiger partial charge in [0.2, 0.25) is 15.9 Å². The lowest BCUT2D eigenvalue weighted by Crippen LogP contribution is -2.39. The Kier molecular flexibility index (Phi) is 7.24. The minimum atomic E-state index is -3.77. The van der Waals surface area contributed by atoms with Crippen molar-refractivity contribution in [3.63, 3.8) is 0 Å². The summed E-state index contributed by atoms with van der Waals surface area (Å²) in [5.74, 6) is -0.172. The van der Waals surface area contributed by atoms with E-state index >= 15 is 0 Å². The third kappa shape index (κ3) is 5.50. The Morgan fingerprint density at radius 2 is 1.75 bits per heavy atom. The highest BCUT2D eigenvalue weighted by molar-refractivity contribution is 7.92. The molecule has 32 heavy (non-hydrogen) atoms. The second-order valence-corrected chi connectivity index (χ2v) is 9.64. The molecule has 0 unspecified atom stereocenters. The minimum absolute atomic E-state index is 0.0772. The first-order valence-electron chi connectivity index (χ1n) is 10.3. The molecule has 10 heteroatoms. The van der Waals surface area contributed by atoms with Gasteiger partial charge in [-0.2, -0.15) is 0 Å². The zero-order valence-electron chi connectivity index (χ0n) is 18.3. The number of nitrogens with zero attached hydrogens (tertiary/aromatic N) is 1. The number of hydrogen-bond donors (Lipinski definition) is 2. The van der Waals surface area contributed by atoms with Gasteiger partial charge in [0.15, 0.2) is 11.5 Å². The summed E-state index contributed by atoms with van der Waals surface area (Å²) in [5.41, 5.74) is 0.877. The Hall–Kier alpha value is -3.27. The number of benzene rings is 2. The van der Waals surface area contributed by atoms with Crippen molar-refractivity contribution >= 4 is 33.2 Å². The van der Waals surface area contributed by atoms with Crippen molar-refractivity contribution in [2.24, 2.45) is 0 Å². The molecule has 0 fully saturated rings. The Balaban J connectivity index is 1.84. The van der Waals surface area contributed by atoms with Gasteiger partial charge in [0, 0.05) is 12.1 Å². The van der Waals surface area contributed by atoms with Crippen LogP contribution < -0.4 is 24.4 Å². The molecule has 1 heterocycles. The second kappa shape index (κ2) is 9.90. The number of sulfonamides is 1. The molecule has 0 aromatic heterocycles. The summed E-state index contributed by atoms with van der Waals surface area (Å²) in [5, 5.41) is 5.44. The lowest BCUT2D eigenvalue weighted by Gasteiger charge is -2.26. The molecule has 0 saturated heterocycles. The molecule has 0 bridgehead atoms. The van der Waals surface area contributed by atoms with Crippen LogP contribution in [0.2, 0.25) is 0 Å². The van der Waals surface area contributed by atoms with E-state index in [-0.39, 0.29) is 23.4 Å². The predicted octanol–water partition coefficient (Wildman–Crippen LogP) is 2.39. The smallest absolute Gasteiger partial charge is 0.253 e. The molecule has 1 aliphatic heterocycles. The van der Waals surface area contributed by atoms with E-state index in [2.05, 4.69) is 10.6 Å². The summed E-state index contributed by atoms with van der Waals surface area (Å²) in [6, 6.07) is 11.2. The van der Waals surface area contributed by atoms with E-state index in [1.54, 1.807) is 42.5 Å². The van der Waals surface area contributed by atoms with Crippen molar-refractivity contribution < 1.29 is 27.5 Å². The molecule has 2 amide bonds. The van der Waals surface area contributed by atoms with Crippen molar-refractivity contribution in [1.82, 2.24) is 5.32 Å². The van der Waals surface area contributed by atoms with Crippen molar-refractivity contribution in [2.45, 2.75) is 26.8 Å². The van der Waals surface area contributed by atoms with Gasteiger partial charge >= 0.3 is 0 Å². The average molecular weight is 462 g/mol. The van der Waals surface area contributed by atoms with E-state index < -0.39 is 22.5 Å². The van der Waals surface area contributed by atoms with Crippen molar-refractivity contribution in [2.75, 3.05) is 35.1 Å². The van der Waals surface area contributed by atoms with E-state index in [1.165, 1.54) is 6.92 Å². The highest BCUT2D eigenvalue weighted by atomic mass is 32.2. The van der Waals surface area contributed by atoms with Crippen LogP contribution in [0.3, 0.4) is 0 Å². The Labute approximate surface area is 187 Å². The first-order valence-corrected chi connectivity index (χ1v) is 11.9. The summed E-state index contributed by atoms with van der Waals surface area (Å²) in [6.07, 6.45) is 0. The van der Waals surface area contributed by atoms with Crippen molar-refractivity contribution in [1.29, 1.82) is 0 Å². The van der Waals surface area contributed by atoms with Gasteiger partial charge < -0.3 is 20.1 Å². The number of carbonyl (C=O) groups excluding carboxylic acids is 2. The maximum Gasteiger partial charge on any atom is 0.253 e. The number of amides is 2. The number of fused-ring (bicyclic) bond motifs is 1. The average Bonchev–Trinajstić information content (AvgIpc) is 2.77. The Morgan fingerprint density at radius 3 is 2.44 bits per heavy atom. The van der Waals surface area contributed by atoms with E-state index in [1.807, 2.05) is 13.8 Å². The Bertz CT molecular complexity index is 1100. The topological polar surface area (TPSA) is 114 Å². The Morgan fingerprint density at radius 1 is 1.06 bits per heavy atom. The first-order chi connectivity index (χ1) is 15.2. The number of rotatable bonds is 8. The monoisotopic (exact) mass is 461 g/mol. The fourth-order valence-corrected chi connectivity index (χ4v) is 4.20. The van der Waals surface area contributed by atoms with Gasteiger partial charge in [-0.25, -0.2) is 8.42 Å². The molecule has 0 spiro atoms. The van der Waals surface area contributed by atoms with E-state index in [4.69, 9.17) is 9.47 Å². The van der Waals surface area contributed by atoms with Crippen molar-refractivity contribution in [3.05, 3.63) is 48.0 Å². The number of para-hydroxylation sites is 1. The second-order valence-electron chi connectivity index (χ2n) is 7.46. The van der Waals surface area contributed by atoms with Crippen LogP contribution in [0.15, 0.2) is 42.5 Å². The molecule has 0 aliphatic carbocycles. The number of nitrogens with one attached hydrogen (secondary N) is 2. The van der Waals surface area contributed by atoms with Gasteiger partial charge in [-0.15, -0.1) is 0 Å². The fraction of sp³-hybridized carbons (Fsp3) is 0.364. The van der Waals surface area contributed by atoms with Gasteiger partial charge in [-0.1, -0.05) is 12.1 Å². The van der Waals surface area contributed by atoms with Crippen LogP contribution in [0.1, 0.15) is 31.1 Å². The standard InChI is InChI=1S/C22H27N3O6S/c1-4-32(28,29)25(16-9-10-19-20(13-16)31-12-11-30-19)14-21(26)24-18-8-6-5-7-17(18)22(27)23-15(2)3/h5-10,13,15H,4,11-12,14H2,1-3H3,(H,23,27)(H,24,26). The minimum Gasteiger partial charge on any atom is -0.486 e. The van der Waals surface area contributed by atoms with Crippen LogP contribution in [0.25, 0.3) is 0 Å². The summed E-state index contributed by atoms with van der Waals surface area (Å²) < 4.78 is 37.6. The third-order valence-electron chi connectivity index (χ3n) is 4.67. The maximum absolute atomic E-state index is 12.8. The molecule has 3 rings (SSSR count). The number of anilines is 2. The van der Waals surface area contributed by atoms with E-state index in [0.29, 0.717) is 36.0 Å². The molecular formula is C22H27N3O6S. The lowest BCUT2D eigenvalue weighted by molar-refractivity contribution is -0.114. The zero-order valence-corrected chi connectivity index (χ0v) is 19.1. The van der Waals surface area contributed by atoms with Crippen LogP contribution in [0, 0.1) is 0 Å². The molecule has 0 saturated carbocycles. The third-order valence-corrected chi connectivity index (χ3v) is 6.41. The quantitative estimate of drug-likeness (QED) is 0.624. The highest BCUT2D eigenvalue weighted by Gasteiger charge is 2.26. The van der Waals surface area contributed by atoms with Crippen LogP contribution >= 0.6 is 0 Å². The normalized spacial score (nSPS) is 12.9. The molecule has 0 atom stereocenters. The van der Waals surface area contributed by atoms with Crippen LogP contribution in [-0.4, -0.2) is 51.8 Å². The van der Waals surface area contributed by atoms with Crippen LogP contribution in [0.5, 0.6) is 11.5 Å². The summed E-state index contributed by atoms with van der Waals surface area (Å²) in [4.78, 5) is 25.3. The highest BCUT2D eigenvalue weighted by Crippen LogP contribution is 2.34. The fourth-order valence-electron chi connectivity index (χ4n) is 3.14. The van der Waals surface area contributed by atoms with Gasteiger partial charge in [0.25, 0.3) is 5.91 Å². The van der Waals surface area contributed by atoms with E-state index in [9.17, 15) is 18.0 Å². The number of hydrogen-bond acceptors (Lipinski definition) is 6. The van der Waals surface area contributed by atoms with Gasteiger partial charge in [0.05, 0.1) is 22.7 Å². The maximum atomic E-state index is 12.8. The summed E-state index contributed by atoms with van der Waals surface area (Å²) in [7, 11) is -3.77. The van der Waals surface area contributed by atoms with Gasteiger partial charge in [0.1, 0.15) is 19.8 Å². The van der Waals surface area contributed by atoms with Crippen LogP contribution in [-0.2, 0) is 14.8 Å². The number of carbonyl (C=O) groups is 2. The van der Waals surface area contributed by atoms with Crippen LogP contribution in [0.4, 0.5) is 11.4 Å². The lowest BCUT2D eigenvalue weighted by atomic mass is 10.1. The molecule has 0 radical (unpaired) electrons. The SMILES string of the molecule is CCS(=O)(=O)N(CC(=O)Nc1ccccc1C(=O)NC(C)C)c1ccc2c(c1)OCCO2. The molecule has 172 valence electrons. The predicted molar refractivity (Wildman–Crippen MR) is 122 cm³/mol. The van der Waals surface area contributed by atoms with Gasteiger partial charge in [-0.3, -0.25) is 13.9 Å². The molecule has 9 nitrogen and oxygen atoms in total. The molecule has 2 N–H and O–H groups in total. The molecule has 1 aliphatic rings. The largest absolute Gasteiger partial charge is 0.486 e. The van der Waals surface area contributed by atoms with E-state index in [0.717, 1.165) is 4.31 Å². The molecule has 2 aromatic rings. The van der Waals surface area contributed by atoms with Crippen molar-refractivity contribution in [3.8, 4) is 11.5 Å². The first kappa shape index (κ1) is 23.4. The molecular weight excluding hydrogens is 434 g/mol. The zero-order chi connectivity index (χ0) is 23.3. The summed E-state index contributed by atoms with van der Waals surface area (Å²) >= 11 is 0. The summed E-state index contributed by atoms with van der Waals surface area (Å²) in [6.45, 7) is 5.47. The molecule has 2 aromatic carbocycles. The van der Waals surface area contributed by atoms with Gasteiger partial charge in [-0.05, 0) is 45.0 Å². The number of ether oxygens (including phenoxy) is 2.